The van der Waals surface area contributed by atoms with Crippen molar-refractivity contribution in [1.29, 1.82) is 0 Å². The molecule has 0 saturated heterocycles. The third-order valence-corrected chi connectivity index (χ3v) is 3.18. The summed E-state index contributed by atoms with van der Waals surface area (Å²) in [6.07, 6.45) is 0.992. The fraction of sp³-hybridized carbons (Fsp3) is 0.250. The third kappa shape index (κ3) is 2.81. The summed E-state index contributed by atoms with van der Waals surface area (Å²) < 4.78 is 5.66. The molecule has 0 amide bonds. The molecule has 5 heteroatoms. The second kappa shape index (κ2) is 5.83. The number of nitrogens with zero attached hydrogens (tertiary/aromatic N) is 2. The average Bonchev–Trinajstić information content (AvgIpc) is 2.96. The SMILES string of the molecule is CCCOc1cccc(-c2nc3nc(NC)ccc3[nH]2)c1. The van der Waals surface area contributed by atoms with E-state index in [1.54, 1.807) is 0 Å². The molecule has 0 aliphatic heterocycles. The highest BCUT2D eigenvalue weighted by Crippen LogP contribution is 2.24. The van der Waals surface area contributed by atoms with Crippen LogP contribution in [0.4, 0.5) is 5.82 Å². The topological polar surface area (TPSA) is 62.8 Å². The first-order valence-electron chi connectivity index (χ1n) is 7.08. The number of aromatic amines is 1. The van der Waals surface area contributed by atoms with E-state index in [-0.39, 0.29) is 0 Å². The Kier molecular flexibility index (Phi) is 3.73. The van der Waals surface area contributed by atoms with Crippen molar-refractivity contribution in [2.45, 2.75) is 13.3 Å². The van der Waals surface area contributed by atoms with Gasteiger partial charge in [-0.15, -0.1) is 0 Å². The van der Waals surface area contributed by atoms with Crippen LogP contribution in [-0.2, 0) is 0 Å². The minimum absolute atomic E-state index is 0.705. The Morgan fingerprint density at radius 3 is 2.90 bits per heavy atom. The molecule has 3 aromatic rings. The van der Waals surface area contributed by atoms with Crippen molar-refractivity contribution in [3.05, 3.63) is 36.4 Å². The van der Waals surface area contributed by atoms with Crippen LogP contribution in [0.5, 0.6) is 5.75 Å². The maximum atomic E-state index is 5.66. The fourth-order valence-corrected chi connectivity index (χ4v) is 2.12. The first kappa shape index (κ1) is 13.4. The lowest BCUT2D eigenvalue weighted by Crippen LogP contribution is -1.94. The van der Waals surface area contributed by atoms with Gasteiger partial charge in [0.2, 0.25) is 0 Å². The quantitative estimate of drug-likeness (QED) is 0.752. The molecule has 0 aliphatic rings. The maximum Gasteiger partial charge on any atom is 0.180 e. The number of hydrogen-bond acceptors (Lipinski definition) is 4. The molecule has 5 nitrogen and oxygen atoms in total. The molecular weight excluding hydrogens is 264 g/mol. The number of hydrogen-bond donors (Lipinski definition) is 2. The number of imidazole rings is 1. The zero-order valence-corrected chi connectivity index (χ0v) is 12.2. The van der Waals surface area contributed by atoms with Gasteiger partial charge in [-0.05, 0) is 30.7 Å². The molecule has 2 heterocycles. The van der Waals surface area contributed by atoms with Gasteiger partial charge < -0.3 is 15.0 Å². The van der Waals surface area contributed by atoms with Crippen molar-refractivity contribution in [1.82, 2.24) is 15.0 Å². The van der Waals surface area contributed by atoms with Crippen LogP contribution in [0.3, 0.4) is 0 Å². The standard InChI is InChI=1S/C16H18N4O/c1-3-9-21-12-6-4-5-11(10-12)15-18-13-7-8-14(17-2)19-16(13)20-15/h4-8,10H,3,9H2,1-2H3,(H2,17,18,19,20). The maximum absolute atomic E-state index is 5.66. The van der Waals surface area contributed by atoms with Crippen molar-refractivity contribution in [3.8, 4) is 17.1 Å². The van der Waals surface area contributed by atoms with E-state index in [0.29, 0.717) is 5.65 Å². The van der Waals surface area contributed by atoms with Gasteiger partial charge in [-0.25, -0.2) is 9.97 Å². The van der Waals surface area contributed by atoms with Gasteiger partial charge in [0.25, 0.3) is 0 Å². The second-order valence-corrected chi connectivity index (χ2v) is 4.78. The van der Waals surface area contributed by atoms with Gasteiger partial charge >= 0.3 is 0 Å². The van der Waals surface area contributed by atoms with Gasteiger partial charge in [-0.1, -0.05) is 19.1 Å². The Bertz CT molecular complexity index is 751. The van der Waals surface area contributed by atoms with Crippen molar-refractivity contribution in [2.24, 2.45) is 0 Å². The highest BCUT2D eigenvalue weighted by atomic mass is 16.5. The summed E-state index contributed by atoms with van der Waals surface area (Å²) in [5, 5.41) is 3.02. The number of aromatic nitrogens is 3. The van der Waals surface area contributed by atoms with E-state index < -0.39 is 0 Å². The summed E-state index contributed by atoms with van der Waals surface area (Å²) in [7, 11) is 1.84. The van der Waals surface area contributed by atoms with Crippen molar-refractivity contribution in [2.75, 3.05) is 19.0 Å². The highest BCUT2D eigenvalue weighted by molar-refractivity contribution is 5.77. The summed E-state index contributed by atoms with van der Waals surface area (Å²) in [5.41, 5.74) is 2.62. The van der Waals surface area contributed by atoms with Crippen LogP contribution in [0.25, 0.3) is 22.6 Å². The number of fused-ring (bicyclic) bond motifs is 1. The van der Waals surface area contributed by atoms with Gasteiger partial charge in [0.15, 0.2) is 5.65 Å². The Hall–Kier alpha value is -2.56. The molecule has 1 aromatic carbocycles. The summed E-state index contributed by atoms with van der Waals surface area (Å²) in [6, 6.07) is 11.8. The zero-order valence-electron chi connectivity index (χ0n) is 12.2. The van der Waals surface area contributed by atoms with E-state index in [4.69, 9.17) is 4.74 Å². The largest absolute Gasteiger partial charge is 0.494 e. The van der Waals surface area contributed by atoms with Crippen LogP contribution in [-0.4, -0.2) is 28.6 Å². The summed E-state index contributed by atoms with van der Waals surface area (Å²) in [5.74, 6) is 2.46. The predicted octanol–water partition coefficient (Wildman–Crippen LogP) is 3.46. The van der Waals surface area contributed by atoms with Gasteiger partial charge in [0.1, 0.15) is 17.4 Å². The predicted molar refractivity (Wildman–Crippen MR) is 84.7 cm³/mol. The Morgan fingerprint density at radius 2 is 2.10 bits per heavy atom. The van der Waals surface area contributed by atoms with Crippen molar-refractivity contribution >= 4 is 17.0 Å². The van der Waals surface area contributed by atoms with Crippen LogP contribution < -0.4 is 10.1 Å². The van der Waals surface area contributed by atoms with E-state index in [9.17, 15) is 0 Å². The number of anilines is 1. The molecule has 21 heavy (non-hydrogen) atoms. The Balaban J connectivity index is 1.96. The van der Waals surface area contributed by atoms with Crippen LogP contribution in [0.1, 0.15) is 13.3 Å². The molecule has 3 rings (SSSR count). The Labute approximate surface area is 123 Å². The van der Waals surface area contributed by atoms with E-state index in [2.05, 4.69) is 27.2 Å². The number of rotatable bonds is 5. The smallest absolute Gasteiger partial charge is 0.180 e. The van der Waals surface area contributed by atoms with Gasteiger partial charge in [0, 0.05) is 12.6 Å². The van der Waals surface area contributed by atoms with Crippen LogP contribution in [0.2, 0.25) is 0 Å². The van der Waals surface area contributed by atoms with E-state index in [1.807, 2.05) is 43.4 Å². The van der Waals surface area contributed by atoms with E-state index in [0.717, 1.165) is 41.5 Å². The van der Waals surface area contributed by atoms with Gasteiger partial charge in [-0.2, -0.15) is 0 Å². The molecule has 0 aliphatic carbocycles. The molecule has 108 valence electrons. The summed E-state index contributed by atoms with van der Waals surface area (Å²) in [6.45, 7) is 2.81. The van der Waals surface area contributed by atoms with Gasteiger partial charge in [-0.3, -0.25) is 0 Å². The molecule has 0 saturated carbocycles. The summed E-state index contributed by atoms with van der Waals surface area (Å²) >= 11 is 0. The molecule has 0 spiro atoms. The molecule has 0 unspecified atom stereocenters. The first-order chi connectivity index (χ1) is 10.3. The lowest BCUT2D eigenvalue weighted by atomic mass is 10.2. The molecule has 2 aromatic heterocycles. The highest BCUT2D eigenvalue weighted by Gasteiger charge is 2.07. The van der Waals surface area contributed by atoms with E-state index in [1.165, 1.54) is 0 Å². The number of nitrogens with one attached hydrogen (secondary N) is 2. The normalized spacial score (nSPS) is 10.8. The lowest BCUT2D eigenvalue weighted by molar-refractivity contribution is 0.317. The zero-order chi connectivity index (χ0) is 14.7. The average molecular weight is 282 g/mol. The van der Waals surface area contributed by atoms with E-state index >= 15 is 0 Å². The minimum Gasteiger partial charge on any atom is -0.494 e. The molecular formula is C16H18N4O. The number of H-pyrrole nitrogens is 1. The minimum atomic E-state index is 0.705. The Morgan fingerprint density at radius 1 is 1.19 bits per heavy atom. The first-order valence-corrected chi connectivity index (χ1v) is 7.08. The van der Waals surface area contributed by atoms with Crippen molar-refractivity contribution in [3.63, 3.8) is 0 Å². The van der Waals surface area contributed by atoms with Crippen LogP contribution in [0, 0.1) is 0 Å². The van der Waals surface area contributed by atoms with Crippen molar-refractivity contribution < 1.29 is 4.74 Å². The molecule has 2 N–H and O–H groups in total. The lowest BCUT2D eigenvalue weighted by Gasteiger charge is -2.05. The van der Waals surface area contributed by atoms with Gasteiger partial charge in [0.05, 0.1) is 12.1 Å². The molecule has 0 atom stereocenters. The second-order valence-electron chi connectivity index (χ2n) is 4.78. The number of pyridine rings is 1. The van der Waals surface area contributed by atoms with Crippen LogP contribution >= 0.6 is 0 Å². The third-order valence-electron chi connectivity index (χ3n) is 3.18. The van der Waals surface area contributed by atoms with Crippen LogP contribution in [0.15, 0.2) is 36.4 Å². The molecule has 0 radical (unpaired) electrons. The fourth-order valence-electron chi connectivity index (χ4n) is 2.12. The molecule has 0 bridgehead atoms. The number of ether oxygens (including phenoxy) is 1. The number of benzene rings is 1. The monoisotopic (exact) mass is 282 g/mol. The molecule has 0 fully saturated rings. The summed E-state index contributed by atoms with van der Waals surface area (Å²) in [4.78, 5) is 12.3.